The Morgan fingerprint density at radius 1 is 1.15 bits per heavy atom. The first-order valence-electron chi connectivity index (χ1n) is 5.79. The Labute approximate surface area is 82.8 Å². The Balaban J connectivity index is 2.48. The van der Waals surface area contributed by atoms with E-state index in [9.17, 15) is 0 Å². The lowest BCUT2D eigenvalue weighted by atomic mass is 10.0. The van der Waals surface area contributed by atoms with E-state index in [-0.39, 0.29) is 0 Å². The van der Waals surface area contributed by atoms with Gasteiger partial charge in [-0.25, -0.2) is 0 Å². The molecule has 13 heavy (non-hydrogen) atoms. The Bertz CT molecular complexity index is 147. The molecular formula is C12H23N. The van der Waals surface area contributed by atoms with Gasteiger partial charge in [-0.2, -0.15) is 0 Å². The molecular weight excluding hydrogens is 158 g/mol. The van der Waals surface area contributed by atoms with Gasteiger partial charge in [-0.1, -0.05) is 38.8 Å². The van der Waals surface area contributed by atoms with E-state index in [1.54, 1.807) is 0 Å². The van der Waals surface area contributed by atoms with Gasteiger partial charge in [0.1, 0.15) is 0 Å². The molecule has 0 amide bonds. The van der Waals surface area contributed by atoms with Crippen molar-refractivity contribution in [1.82, 2.24) is 4.90 Å². The third-order valence-corrected chi connectivity index (χ3v) is 3.01. The molecule has 0 aliphatic heterocycles. The number of nitrogens with zero attached hydrogens (tertiary/aromatic N) is 1. The molecule has 0 spiro atoms. The molecule has 0 radical (unpaired) electrons. The molecule has 0 aromatic heterocycles. The minimum Gasteiger partial charge on any atom is -0.297 e. The predicted octanol–water partition coefficient (Wildman–Crippen LogP) is 3.22. The van der Waals surface area contributed by atoms with Crippen molar-refractivity contribution >= 4 is 0 Å². The van der Waals surface area contributed by atoms with E-state index >= 15 is 0 Å². The third kappa shape index (κ3) is 3.51. The van der Waals surface area contributed by atoms with Crippen molar-refractivity contribution in [2.45, 2.75) is 52.0 Å². The van der Waals surface area contributed by atoms with Crippen LogP contribution in [0, 0.1) is 0 Å². The maximum absolute atomic E-state index is 2.56. The van der Waals surface area contributed by atoms with Crippen molar-refractivity contribution in [2.75, 3.05) is 13.1 Å². The van der Waals surface area contributed by atoms with Crippen molar-refractivity contribution in [2.24, 2.45) is 0 Å². The van der Waals surface area contributed by atoms with E-state index in [0.717, 1.165) is 6.04 Å². The molecule has 0 saturated heterocycles. The van der Waals surface area contributed by atoms with Crippen LogP contribution in [-0.2, 0) is 0 Å². The zero-order valence-corrected chi connectivity index (χ0v) is 9.13. The zero-order valence-electron chi connectivity index (χ0n) is 9.13. The number of rotatable bonds is 3. The molecule has 0 heterocycles. The van der Waals surface area contributed by atoms with Gasteiger partial charge in [0.25, 0.3) is 0 Å². The lowest BCUT2D eigenvalue weighted by Gasteiger charge is -2.28. The van der Waals surface area contributed by atoms with Gasteiger partial charge in [0, 0.05) is 6.04 Å². The summed E-state index contributed by atoms with van der Waals surface area (Å²) >= 11 is 0. The number of hydrogen-bond donors (Lipinski definition) is 0. The number of allylic oxidation sites excluding steroid dienone is 1. The summed E-state index contributed by atoms with van der Waals surface area (Å²) in [6.07, 6.45) is 11.7. The molecule has 1 heteroatoms. The summed E-state index contributed by atoms with van der Waals surface area (Å²) in [5.41, 5.74) is 0. The monoisotopic (exact) mass is 181 g/mol. The van der Waals surface area contributed by atoms with Gasteiger partial charge in [-0.3, -0.25) is 4.90 Å². The Hall–Kier alpha value is -0.300. The van der Waals surface area contributed by atoms with Gasteiger partial charge in [-0.15, -0.1) is 0 Å². The highest BCUT2D eigenvalue weighted by Crippen LogP contribution is 2.15. The van der Waals surface area contributed by atoms with E-state index in [1.807, 2.05) is 0 Å². The van der Waals surface area contributed by atoms with Crippen molar-refractivity contribution in [3.63, 3.8) is 0 Å². The first-order valence-corrected chi connectivity index (χ1v) is 5.79. The summed E-state index contributed by atoms with van der Waals surface area (Å²) < 4.78 is 0. The highest BCUT2D eigenvalue weighted by Gasteiger charge is 2.12. The average Bonchev–Trinajstić information content (AvgIpc) is 2.09. The third-order valence-electron chi connectivity index (χ3n) is 3.01. The number of likely N-dealkylation sites (N-methyl/N-ethyl adjacent to an activating group) is 1. The van der Waals surface area contributed by atoms with Gasteiger partial charge in [0.15, 0.2) is 0 Å². The molecule has 0 aromatic rings. The van der Waals surface area contributed by atoms with Crippen LogP contribution in [-0.4, -0.2) is 24.0 Å². The lowest BCUT2D eigenvalue weighted by Crippen LogP contribution is -2.33. The van der Waals surface area contributed by atoms with Gasteiger partial charge < -0.3 is 0 Å². The Morgan fingerprint density at radius 3 is 2.62 bits per heavy atom. The van der Waals surface area contributed by atoms with E-state index in [0.29, 0.717) is 0 Å². The van der Waals surface area contributed by atoms with Crippen LogP contribution >= 0.6 is 0 Å². The highest BCUT2D eigenvalue weighted by atomic mass is 15.1. The minimum absolute atomic E-state index is 0.718. The summed E-state index contributed by atoms with van der Waals surface area (Å²) in [4.78, 5) is 2.56. The smallest absolute Gasteiger partial charge is 0.0277 e. The fourth-order valence-corrected chi connectivity index (χ4v) is 2.14. The second kappa shape index (κ2) is 6.20. The fraction of sp³-hybridized carbons (Fsp3) is 0.833. The molecule has 1 atom stereocenters. The van der Waals surface area contributed by atoms with Crippen molar-refractivity contribution in [3.8, 4) is 0 Å². The highest BCUT2D eigenvalue weighted by molar-refractivity contribution is 4.95. The summed E-state index contributed by atoms with van der Waals surface area (Å²) in [7, 11) is 0. The molecule has 1 aliphatic carbocycles. The van der Waals surface area contributed by atoms with E-state index in [2.05, 4.69) is 30.9 Å². The topological polar surface area (TPSA) is 3.24 Å². The quantitative estimate of drug-likeness (QED) is 0.604. The largest absolute Gasteiger partial charge is 0.297 e. The van der Waals surface area contributed by atoms with Gasteiger partial charge in [-0.05, 0) is 32.4 Å². The Morgan fingerprint density at radius 2 is 1.92 bits per heavy atom. The molecule has 0 aromatic carbocycles. The molecule has 76 valence electrons. The summed E-state index contributed by atoms with van der Waals surface area (Å²) in [6, 6.07) is 0.718. The first-order chi connectivity index (χ1) is 6.38. The molecule has 1 aliphatic rings. The summed E-state index contributed by atoms with van der Waals surface area (Å²) in [5, 5.41) is 0. The van der Waals surface area contributed by atoms with Gasteiger partial charge in [0.2, 0.25) is 0 Å². The van der Waals surface area contributed by atoms with Crippen LogP contribution in [0.4, 0.5) is 0 Å². The number of hydrogen-bond acceptors (Lipinski definition) is 1. The molecule has 1 nitrogen and oxygen atoms in total. The lowest BCUT2D eigenvalue weighted by molar-refractivity contribution is 0.237. The molecule has 0 bridgehead atoms. The molecule has 1 unspecified atom stereocenters. The van der Waals surface area contributed by atoms with Crippen LogP contribution in [0.15, 0.2) is 12.2 Å². The maximum Gasteiger partial charge on any atom is 0.0277 e. The Kier molecular flexibility index (Phi) is 5.14. The van der Waals surface area contributed by atoms with Crippen LogP contribution in [0.2, 0.25) is 0 Å². The van der Waals surface area contributed by atoms with Crippen LogP contribution in [0.5, 0.6) is 0 Å². The van der Waals surface area contributed by atoms with Crippen LogP contribution in [0.3, 0.4) is 0 Å². The van der Waals surface area contributed by atoms with Gasteiger partial charge in [0.05, 0.1) is 0 Å². The van der Waals surface area contributed by atoms with Crippen LogP contribution in [0.25, 0.3) is 0 Å². The summed E-state index contributed by atoms with van der Waals surface area (Å²) in [5.74, 6) is 0. The summed E-state index contributed by atoms with van der Waals surface area (Å²) in [6.45, 7) is 6.89. The second-order valence-electron chi connectivity index (χ2n) is 3.85. The second-order valence-corrected chi connectivity index (χ2v) is 3.85. The normalized spacial score (nSPS) is 26.8. The molecule has 0 N–H and O–H groups in total. The van der Waals surface area contributed by atoms with Gasteiger partial charge >= 0.3 is 0 Å². The molecule has 0 saturated carbocycles. The van der Waals surface area contributed by atoms with Crippen molar-refractivity contribution in [1.29, 1.82) is 0 Å². The van der Waals surface area contributed by atoms with Crippen LogP contribution in [0.1, 0.15) is 46.0 Å². The fourth-order valence-electron chi connectivity index (χ4n) is 2.14. The minimum atomic E-state index is 0.718. The van der Waals surface area contributed by atoms with Crippen molar-refractivity contribution in [3.05, 3.63) is 12.2 Å². The predicted molar refractivity (Wildman–Crippen MR) is 58.9 cm³/mol. The van der Waals surface area contributed by atoms with E-state index in [4.69, 9.17) is 0 Å². The SMILES string of the molecule is CCN(CC)C1/C=C\CCCCC1. The van der Waals surface area contributed by atoms with E-state index < -0.39 is 0 Å². The molecule has 1 rings (SSSR count). The average molecular weight is 181 g/mol. The van der Waals surface area contributed by atoms with Crippen LogP contribution < -0.4 is 0 Å². The molecule has 0 fully saturated rings. The maximum atomic E-state index is 2.56. The first kappa shape index (κ1) is 10.8. The zero-order chi connectivity index (χ0) is 9.52. The standard InChI is InChI=1S/C12H23N/c1-3-13(4-2)12-10-8-6-5-7-9-11-12/h8,10,12H,3-7,9,11H2,1-2H3/b10-8-. The van der Waals surface area contributed by atoms with E-state index in [1.165, 1.54) is 45.2 Å². The van der Waals surface area contributed by atoms with Crippen molar-refractivity contribution < 1.29 is 0 Å².